The van der Waals surface area contributed by atoms with E-state index in [0.29, 0.717) is 5.82 Å². The lowest BCUT2D eigenvalue weighted by Crippen LogP contribution is -2.12. The third-order valence-electron chi connectivity index (χ3n) is 2.15. The van der Waals surface area contributed by atoms with E-state index in [1.165, 1.54) is 18.3 Å². The molecule has 2 N–H and O–H groups in total. The number of halogens is 1. The van der Waals surface area contributed by atoms with Gasteiger partial charge in [0.1, 0.15) is 10.8 Å². The number of nitrogens with one attached hydrogen (secondary N) is 2. The Balaban J connectivity index is 2.26. The molecule has 0 fully saturated rings. The van der Waals surface area contributed by atoms with Gasteiger partial charge in [0.15, 0.2) is 0 Å². The summed E-state index contributed by atoms with van der Waals surface area (Å²) in [5.74, 6) is -0.0865. The van der Waals surface area contributed by atoms with Gasteiger partial charge in [-0.2, -0.15) is 5.10 Å². The van der Waals surface area contributed by atoms with Crippen LogP contribution in [0.15, 0.2) is 30.5 Å². The van der Waals surface area contributed by atoms with Crippen LogP contribution in [-0.4, -0.2) is 21.0 Å². The fraction of sp³-hybridized carbons (Fsp3) is 0. The molecule has 0 aliphatic carbocycles. The van der Waals surface area contributed by atoms with Gasteiger partial charge in [-0.1, -0.05) is 11.6 Å². The normalized spacial score (nSPS) is 10.1. The van der Waals surface area contributed by atoms with Crippen LogP contribution in [0.4, 0.5) is 11.5 Å². The largest absolute Gasteiger partial charge is 0.307 e. The highest BCUT2D eigenvalue weighted by molar-refractivity contribution is 6.32. The standard InChI is InChI=1S/C10H7ClN4O3/c11-7-2-1-6(5-8(7)15(17)18)10(16)13-9-3-4-12-14-9/h1-5H,(H2,12,13,14,16). The SMILES string of the molecule is O=C(Nc1ccn[nH]1)c1ccc(Cl)c([N+](=O)[O-])c1. The molecule has 92 valence electrons. The number of aromatic nitrogens is 2. The van der Waals surface area contributed by atoms with Crippen LogP contribution in [0.25, 0.3) is 0 Å². The Kier molecular flexibility index (Phi) is 3.24. The number of hydrogen-bond donors (Lipinski definition) is 2. The van der Waals surface area contributed by atoms with Crippen molar-refractivity contribution in [1.82, 2.24) is 10.2 Å². The van der Waals surface area contributed by atoms with Gasteiger partial charge in [0.2, 0.25) is 0 Å². The summed E-state index contributed by atoms with van der Waals surface area (Å²) in [6.45, 7) is 0. The van der Waals surface area contributed by atoms with E-state index < -0.39 is 10.8 Å². The van der Waals surface area contributed by atoms with Gasteiger partial charge in [-0.25, -0.2) is 0 Å². The number of amides is 1. The monoisotopic (exact) mass is 266 g/mol. The third kappa shape index (κ3) is 2.46. The molecule has 0 radical (unpaired) electrons. The molecule has 1 aromatic heterocycles. The van der Waals surface area contributed by atoms with Crippen LogP contribution >= 0.6 is 11.6 Å². The smallest absolute Gasteiger partial charge is 0.288 e. The number of nitro groups is 1. The van der Waals surface area contributed by atoms with Gasteiger partial charge in [0.25, 0.3) is 11.6 Å². The Morgan fingerprint density at radius 2 is 2.22 bits per heavy atom. The second kappa shape index (κ2) is 4.84. The fourth-order valence-corrected chi connectivity index (χ4v) is 1.50. The van der Waals surface area contributed by atoms with Gasteiger partial charge in [-0.3, -0.25) is 20.0 Å². The van der Waals surface area contributed by atoms with Crippen molar-refractivity contribution >= 4 is 29.0 Å². The summed E-state index contributed by atoms with van der Waals surface area (Å²) in [5.41, 5.74) is -0.172. The number of benzene rings is 1. The Morgan fingerprint density at radius 1 is 1.44 bits per heavy atom. The minimum absolute atomic E-state index is 0.0157. The average molecular weight is 267 g/mol. The maximum absolute atomic E-state index is 11.8. The first-order valence-corrected chi connectivity index (χ1v) is 5.20. The molecule has 1 heterocycles. The molecule has 0 atom stereocenters. The zero-order valence-electron chi connectivity index (χ0n) is 8.88. The molecule has 8 heteroatoms. The topological polar surface area (TPSA) is 101 Å². The first-order valence-electron chi connectivity index (χ1n) is 4.82. The molecular weight excluding hydrogens is 260 g/mol. The highest BCUT2D eigenvalue weighted by Crippen LogP contribution is 2.25. The first-order chi connectivity index (χ1) is 8.58. The summed E-state index contributed by atoms with van der Waals surface area (Å²) in [5, 5.41) is 19.4. The number of aromatic amines is 1. The van der Waals surface area contributed by atoms with Crippen molar-refractivity contribution < 1.29 is 9.72 Å². The second-order valence-electron chi connectivity index (χ2n) is 3.35. The number of carbonyl (C=O) groups excluding carboxylic acids is 1. The molecule has 1 aromatic carbocycles. The number of nitrogens with zero attached hydrogens (tertiary/aromatic N) is 2. The Hall–Kier alpha value is -2.41. The molecule has 18 heavy (non-hydrogen) atoms. The average Bonchev–Trinajstić information content (AvgIpc) is 2.81. The van der Waals surface area contributed by atoms with E-state index >= 15 is 0 Å². The predicted molar refractivity (Wildman–Crippen MR) is 64.6 cm³/mol. The van der Waals surface area contributed by atoms with E-state index in [0.717, 1.165) is 6.07 Å². The molecule has 0 saturated heterocycles. The second-order valence-corrected chi connectivity index (χ2v) is 3.75. The van der Waals surface area contributed by atoms with Gasteiger partial charge >= 0.3 is 0 Å². The summed E-state index contributed by atoms with van der Waals surface area (Å²) in [4.78, 5) is 21.8. The fourth-order valence-electron chi connectivity index (χ4n) is 1.31. The molecule has 7 nitrogen and oxygen atoms in total. The van der Waals surface area contributed by atoms with E-state index in [-0.39, 0.29) is 16.3 Å². The number of carbonyl (C=O) groups is 1. The maximum Gasteiger partial charge on any atom is 0.288 e. The zero-order valence-corrected chi connectivity index (χ0v) is 9.64. The minimum atomic E-state index is -0.644. The van der Waals surface area contributed by atoms with Crippen LogP contribution < -0.4 is 5.32 Å². The molecule has 0 spiro atoms. The molecule has 0 bridgehead atoms. The van der Waals surface area contributed by atoms with Crippen LogP contribution in [0.2, 0.25) is 5.02 Å². The van der Waals surface area contributed by atoms with Crippen LogP contribution in [0, 0.1) is 10.1 Å². The lowest BCUT2D eigenvalue weighted by Gasteiger charge is -2.03. The molecule has 0 aliphatic heterocycles. The van der Waals surface area contributed by atoms with E-state index in [2.05, 4.69) is 15.5 Å². The Bertz CT molecular complexity index is 597. The van der Waals surface area contributed by atoms with E-state index in [1.807, 2.05) is 0 Å². The van der Waals surface area contributed by atoms with Gasteiger partial charge in [0, 0.05) is 17.7 Å². The van der Waals surface area contributed by atoms with Crippen molar-refractivity contribution in [1.29, 1.82) is 0 Å². The van der Waals surface area contributed by atoms with Crippen molar-refractivity contribution in [2.24, 2.45) is 0 Å². The zero-order chi connectivity index (χ0) is 13.1. The molecule has 0 aliphatic rings. The molecule has 0 saturated carbocycles. The van der Waals surface area contributed by atoms with Crippen molar-refractivity contribution in [2.75, 3.05) is 5.32 Å². The van der Waals surface area contributed by atoms with Gasteiger partial charge < -0.3 is 5.32 Å². The summed E-state index contributed by atoms with van der Waals surface area (Å²) >= 11 is 5.65. The van der Waals surface area contributed by atoms with Crippen molar-refractivity contribution in [3.8, 4) is 0 Å². The Morgan fingerprint density at radius 3 is 2.83 bits per heavy atom. The van der Waals surface area contributed by atoms with Crippen molar-refractivity contribution in [3.63, 3.8) is 0 Å². The number of anilines is 1. The van der Waals surface area contributed by atoms with Gasteiger partial charge in [-0.15, -0.1) is 0 Å². The van der Waals surface area contributed by atoms with Crippen LogP contribution in [0.3, 0.4) is 0 Å². The van der Waals surface area contributed by atoms with Crippen LogP contribution in [0.5, 0.6) is 0 Å². The molecule has 0 unspecified atom stereocenters. The van der Waals surface area contributed by atoms with Gasteiger partial charge in [-0.05, 0) is 12.1 Å². The molecular formula is C10H7ClN4O3. The number of rotatable bonds is 3. The number of hydrogen-bond acceptors (Lipinski definition) is 4. The lowest BCUT2D eigenvalue weighted by molar-refractivity contribution is -0.384. The molecule has 2 rings (SSSR count). The predicted octanol–water partition coefficient (Wildman–Crippen LogP) is 2.22. The van der Waals surface area contributed by atoms with Gasteiger partial charge in [0.05, 0.1) is 11.1 Å². The minimum Gasteiger partial charge on any atom is -0.307 e. The lowest BCUT2D eigenvalue weighted by atomic mass is 10.2. The van der Waals surface area contributed by atoms with Crippen molar-refractivity contribution in [3.05, 3.63) is 51.2 Å². The third-order valence-corrected chi connectivity index (χ3v) is 2.47. The number of H-pyrrole nitrogens is 1. The molecule has 2 aromatic rings. The summed E-state index contributed by atoms with van der Waals surface area (Å²) in [6, 6.07) is 5.39. The summed E-state index contributed by atoms with van der Waals surface area (Å²) < 4.78 is 0. The van der Waals surface area contributed by atoms with Crippen molar-refractivity contribution in [2.45, 2.75) is 0 Å². The number of nitro benzene ring substituents is 1. The van der Waals surface area contributed by atoms with E-state index in [4.69, 9.17) is 11.6 Å². The quantitative estimate of drug-likeness (QED) is 0.657. The van der Waals surface area contributed by atoms with E-state index in [9.17, 15) is 14.9 Å². The highest BCUT2D eigenvalue weighted by atomic mass is 35.5. The Labute approximate surface area is 106 Å². The van der Waals surface area contributed by atoms with E-state index in [1.54, 1.807) is 6.07 Å². The summed E-state index contributed by atoms with van der Waals surface area (Å²) in [7, 11) is 0. The van der Waals surface area contributed by atoms with Crippen LogP contribution in [0.1, 0.15) is 10.4 Å². The highest BCUT2D eigenvalue weighted by Gasteiger charge is 2.16. The first kappa shape index (κ1) is 12.1. The molecule has 1 amide bonds. The maximum atomic E-state index is 11.8. The summed E-state index contributed by atoms with van der Waals surface area (Å²) in [6.07, 6.45) is 1.47. The van der Waals surface area contributed by atoms with Crippen LogP contribution in [-0.2, 0) is 0 Å².